The van der Waals surface area contributed by atoms with Gasteiger partial charge in [-0.05, 0) is 43.5 Å². The Morgan fingerprint density at radius 2 is 1.95 bits per heavy atom. The van der Waals surface area contributed by atoms with Crippen molar-refractivity contribution in [2.75, 3.05) is 6.54 Å². The van der Waals surface area contributed by atoms with Crippen LogP contribution in [0.1, 0.15) is 29.0 Å². The monoisotopic (exact) mass is 269 g/mol. The van der Waals surface area contributed by atoms with Crippen LogP contribution in [0, 0.1) is 12.7 Å². The first kappa shape index (κ1) is 13.3. The van der Waals surface area contributed by atoms with Gasteiger partial charge in [-0.2, -0.15) is 0 Å². The summed E-state index contributed by atoms with van der Waals surface area (Å²) in [5, 5.41) is 3.53. The molecule has 1 saturated heterocycles. The van der Waals surface area contributed by atoms with Gasteiger partial charge in [0.1, 0.15) is 5.82 Å². The van der Waals surface area contributed by atoms with Crippen molar-refractivity contribution in [3.05, 3.63) is 71.0 Å². The van der Waals surface area contributed by atoms with Gasteiger partial charge in [0.25, 0.3) is 0 Å². The van der Waals surface area contributed by atoms with Gasteiger partial charge < -0.3 is 5.32 Å². The lowest BCUT2D eigenvalue weighted by Gasteiger charge is -2.21. The van der Waals surface area contributed by atoms with Crippen molar-refractivity contribution in [2.45, 2.75) is 31.7 Å². The molecule has 2 atom stereocenters. The van der Waals surface area contributed by atoms with Crippen molar-refractivity contribution in [3.63, 3.8) is 0 Å². The van der Waals surface area contributed by atoms with Crippen LogP contribution in [-0.2, 0) is 6.42 Å². The fraction of sp³-hybridized carbons (Fsp3) is 0.333. The van der Waals surface area contributed by atoms with Crippen LogP contribution in [-0.4, -0.2) is 12.6 Å². The summed E-state index contributed by atoms with van der Waals surface area (Å²) in [6.45, 7) is 2.99. The van der Waals surface area contributed by atoms with Crippen LogP contribution in [0.5, 0.6) is 0 Å². The molecule has 104 valence electrons. The highest BCUT2D eigenvalue weighted by atomic mass is 19.1. The molecule has 0 radical (unpaired) electrons. The predicted molar refractivity (Wildman–Crippen MR) is 80.4 cm³/mol. The molecule has 1 aliphatic rings. The van der Waals surface area contributed by atoms with Crippen LogP contribution < -0.4 is 5.32 Å². The van der Waals surface area contributed by atoms with E-state index < -0.39 is 0 Å². The minimum absolute atomic E-state index is 0.0673. The molecule has 2 aromatic rings. The van der Waals surface area contributed by atoms with Crippen LogP contribution in [0.15, 0.2) is 48.5 Å². The highest BCUT2D eigenvalue weighted by Crippen LogP contribution is 2.32. The van der Waals surface area contributed by atoms with E-state index in [1.807, 2.05) is 25.1 Å². The van der Waals surface area contributed by atoms with E-state index in [1.165, 1.54) is 5.56 Å². The number of rotatable bonds is 3. The van der Waals surface area contributed by atoms with Crippen LogP contribution in [0.4, 0.5) is 4.39 Å². The number of benzene rings is 2. The Morgan fingerprint density at radius 3 is 2.75 bits per heavy atom. The SMILES string of the molecule is Cc1ccc(F)c(C2CCNC2Cc2ccccc2)c1. The van der Waals surface area contributed by atoms with Crippen molar-refractivity contribution in [1.82, 2.24) is 5.32 Å². The molecule has 0 spiro atoms. The standard InChI is InChI=1S/C18H20FN/c1-13-7-8-17(19)16(11-13)15-9-10-20-18(15)12-14-5-3-2-4-6-14/h2-8,11,15,18,20H,9-10,12H2,1H3. The Labute approximate surface area is 119 Å². The van der Waals surface area contributed by atoms with E-state index in [-0.39, 0.29) is 11.7 Å². The quantitative estimate of drug-likeness (QED) is 0.893. The maximum absolute atomic E-state index is 14.1. The molecule has 2 heteroatoms. The van der Waals surface area contributed by atoms with E-state index in [0.717, 1.165) is 30.5 Å². The molecule has 1 nitrogen and oxygen atoms in total. The molecule has 0 amide bonds. The minimum atomic E-state index is -0.0673. The van der Waals surface area contributed by atoms with Crippen LogP contribution >= 0.6 is 0 Å². The van der Waals surface area contributed by atoms with Crippen LogP contribution in [0.3, 0.4) is 0 Å². The van der Waals surface area contributed by atoms with Gasteiger partial charge in [-0.1, -0.05) is 48.0 Å². The number of hydrogen-bond acceptors (Lipinski definition) is 1. The van der Waals surface area contributed by atoms with Crippen molar-refractivity contribution in [3.8, 4) is 0 Å². The van der Waals surface area contributed by atoms with Gasteiger partial charge in [0.15, 0.2) is 0 Å². The zero-order valence-corrected chi connectivity index (χ0v) is 11.8. The molecule has 1 heterocycles. The summed E-state index contributed by atoms with van der Waals surface area (Å²) in [5.41, 5.74) is 3.31. The third-order valence-corrected chi connectivity index (χ3v) is 4.20. The fourth-order valence-electron chi connectivity index (χ4n) is 3.17. The fourth-order valence-corrected chi connectivity index (χ4v) is 3.17. The first-order valence-corrected chi connectivity index (χ1v) is 7.27. The Bertz CT molecular complexity index is 579. The number of nitrogens with one attached hydrogen (secondary N) is 1. The van der Waals surface area contributed by atoms with Gasteiger partial charge in [-0.3, -0.25) is 0 Å². The summed E-state index contributed by atoms with van der Waals surface area (Å²) in [5.74, 6) is 0.206. The molecule has 20 heavy (non-hydrogen) atoms. The molecule has 0 saturated carbocycles. The lowest BCUT2D eigenvalue weighted by atomic mass is 9.87. The summed E-state index contributed by atoms with van der Waals surface area (Å²) in [4.78, 5) is 0. The Hall–Kier alpha value is -1.67. The molecule has 1 N–H and O–H groups in total. The second-order valence-electron chi connectivity index (χ2n) is 5.67. The summed E-state index contributed by atoms with van der Waals surface area (Å²) in [7, 11) is 0. The zero-order chi connectivity index (χ0) is 13.9. The number of hydrogen-bond donors (Lipinski definition) is 1. The van der Waals surface area contributed by atoms with Crippen LogP contribution in [0.2, 0.25) is 0 Å². The summed E-state index contributed by atoms with van der Waals surface area (Å²) >= 11 is 0. The Balaban J connectivity index is 1.83. The zero-order valence-electron chi connectivity index (χ0n) is 11.8. The Morgan fingerprint density at radius 1 is 1.15 bits per heavy atom. The first-order chi connectivity index (χ1) is 9.74. The third-order valence-electron chi connectivity index (χ3n) is 4.20. The van der Waals surface area contributed by atoms with E-state index in [1.54, 1.807) is 6.07 Å². The maximum atomic E-state index is 14.1. The lowest BCUT2D eigenvalue weighted by Crippen LogP contribution is -2.28. The molecule has 3 rings (SSSR count). The van der Waals surface area contributed by atoms with Crippen molar-refractivity contribution < 1.29 is 4.39 Å². The smallest absolute Gasteiger partial charge is 0.126 e. The van der Waals surface area contributed by atoms with E-state index in [4.69, 9.17) is 0 Å². The predicted octanol–water partition coefficient (Wildman–Crippen LogP) is 3.82. The van der Waals surface area contributed by atoms with E-state index in [9.17, 15) is 4.39 Å². The lowest BCUT2D eigenvalue weighted by molar-refractivity contribution is 0.514. The van der Waals surface area contributed by atoms with Gasteiger partial charge in [-0.15, -0.1) is 0 Å². The van der Waals surface area contributed by atoms with Gasteiger partial charge in [0.05, 0.1) is 0 Å². The molecular formula is C18H20FN. The van der Waals surface area contributed by atoms with Gasteiger partial charge in [0, 0.05) is 12.0 Å². The van der Waals surface area contributed by atoms with Crippen molar-refractivity contribution in [1.29, 1.82) is 0 Å². The molecule has 0 aliphatic carbocycles. The average Bonchev–Trinajstić information content (AvgIpc) is 2.91. The van der Waals surface area contributed by atoms with E-state index >= 15 is 0 Å². The summed E-state index contributed by atoms with van der Waals surface area (Å²) < 4.78 is 14.1. The molecule has 2 aromatic carbocycles. The molecule has 2 unspecified atom stereocenters. The normalized spacial score (nSPS) is 22.1. The molecule has 1 fully saturated rings. The minimum Gasteiger partial charge on any atom is -0.313 e. The average molecular weight is 269 g/mol. The van der Waals surface area contributed by atoms with Gasteiger partial charge in [-0.25, -0.2) is 4.39 Å². The van der Waals surface area contributed by atoms with Gasteiger partial charge in [0.2, 0.25) is 0 Å². The largest absolute Gasteiger partial charge is 0.313 e. The van der Waals surface area contributed by atoms with Crippen LogP contribution in [0.25, 0.3) is 0 Å². The van der Waals surface area contributed by atoms with Crippen molar-refractivity contribution >= 4 is 0 Å². The summed E-state index contributed by atoms with van der Waals surface area (Å²) in [6.07, 6.45) is 1.97. The second-order valence-corrected chi connectivity index (χ2v) is 5.67. The highest BCUT2D eigenvalue weighted by molar-refractivity contribution is 5.30. The maximum Gasteiger partial charge on any atom is 0.126 e. The van der Waals surface area contributed by atoms with Crippen molar-refractivity contribution in [2.24, 2.45) is 0 Å². The summed E-state index contributed by atoms with van der Waals surface area (Å²) in [6, 6.07) is 16.2. The topological polar surface area (TPSA) is 12.0 Å². The van der Waals surface area contributed by atoms with E-state index in [2.05, 4.69) is 29.6 Å². The van der Waals surface area contributed by atoms with E-state index in [0.29, 0.717) is 6.04 Å². The molecular weight excluding hydrogens is 249 g/mol. The second kappa shape index (κ2) is 5.76. The van der Waals surface area contributed by atoms with Gasteiger partial charge >= 0.3 is 0 Å². The first-order valence-electron chi connectivity index (χ1n) is 7.27. The molecule has 0 bridgehead atoms. The number of halogens is 1. The highest BCUT2D eigenvalue weighted by Gasteiger charge is 2.30. The number of aryl methyl sites for hydroxylation is 1. The molecule has 1 aliphatic heterocycles. The Kier molecular flexibility index (Phi) is 3.83. The molecule has 0 aromatic heterocycles. The third kappa shape index (κ3) is 2.75.